The number of hydrogen-bond acceptors (Lipinski definition) is 4. The summed E-state index contributed by atoms with van der Waals surface area (Å²) >= 11 is 0. The minimum absolute atomic E-state index is 0.324. The Labute approximate surface area is 144 Å². The number of hydrogen-bond donors (Lipinski definition) is 0. The minimum Gasteiger partial charge on any atom is -0.496 e. The van der Waals surface area contributed by atoms with Crippen molar-refractivity contribution in [1.82, 2.24) is 9.88 Å². The average molecular weight is 326 g/mol. The molecule has 1 aliphatic rings. The second-order valence-electron chi connectivity index (χ2n) is 6.39. The van der Waals surface area contributed by atoms with Gasteiger partial charge in [0.2, 0.25) is 0 Å². The fourth-order valence-corrected chi connectivity index (χ4v) is 3.25. The maximum atomic E-state index is 5.85. The highest BCUT2D eigenvalue weighted by Crippen LogP contribution is 2.22. The van der Waals surface area contributed by atoms with E-state index < -0.39 is 0 Å². The number of aromatic nitrogens is 1. The summed E-state index contributed by atoms with van der Waals surface area (Å²) in [4.78, 5) is 7.07. The summed E-state index contributed by atoms with van der Waals surface area (Å²) in [5.41, 5.74) is 3.36. The van der Waals surface area contributed by atoms with Crippen molar-refractivity contribution in [3.63, 3.8) is 0 Å². The molecule has 1 saturated heterocycles. The number of benzene rings is 1. The fraction of sp³-hybridized carbons (Fsp3) is 0.450. The molecule has 1 aromatic heterocycles. The zero-order valence-corrected chi connectivity index (χ0v) is 14.6. The molecule has 3 rings (SSSR count). The van der Waals surface area contributed by atoms with Crippen molar-refractivity contribution >= 4 is 0 Å². The van der Waals surface area contributed by atoms with Gasteiger partial charge in [0.1, 0.15) is 5.75 Å². The van der Waals surface area contributed by atoms with Crippen molar-refractivity contribution in [2.45, 2.75) is 39.0 Å². The Morgan fingerprint density at radius 2 is 2.04 bits per heavy atom. The van der Waals surface area contributed by atoms with Gasteiger partial charge in [-0.2, -0.15) is 0 Å². The minimum atomic E-state index is 0.324. The molecule has 0 bridgehead atoms. The lowest BCUT2D eigenvalue weighted by Gasteiger charge is -2.25. The second kappa shape index (κ2) is 8.27. The first kappa shape index (κ1) is 16.9. The van der Waals surface area contributed by atoms with E-state index in [1.165, 1.54) is 5.56 Å². The maximum absolute atomic E-state index is 5.85. The fourth-order valence-electron chi connectivity index (χ4n) is 3.25. The molecule has 1 aliphatic heterocycles. The summed E-state index contributed by atoms with van der Waals surface area (Å²) in [6.07, 6.45) is 2.63. The molecule has 4 nitrogen and oxygen atoms in total. The zero-order chi connectivity index (χ0) is 16.8. The van der Waals surface area contributed by atoms with Gasteiger partial charge in [0, 0.05) is 37.5 Å². The van der Waals surface area contributed by atoms with E-state index in [0.717, 1.165) is 56.2 Å². The lowest BCUT2D eigenvalue weighted by atomic mass is 10.1. The summed E-state index contributed by atoms with van der Waals surface area (Å²) in [5.74, 6) is 0.937. The summed E-state index contributed by atoms with van der Waals surface area (Å²) < 4.78 is 11.4. The van der Waals surface area contributed by atoms with Gasteiger partial charge in [-0.1, -0.05) is 24.3 Å². The molecule has 1 atom stereocenters. The Morgan fingerprint density at radius 3 is 2.79 bits per heavy atom. The molecule has 4 heteroatoms. The van der Waals surface area contributed by atoms with Crippen LogP contribution in [0.3, 0.4) is 0 Å². The van der Waals surface area contributed by atoms with Crippen LogP contribution in [0.1, 0.15) is 29.8 Å². The summed E-state index contributed by atoms with van der Waals surface area (Å²) in [5, 5.41) is 0. The Morgan fingerprint density at radius 1 is 1.17 bits per heavy atom. The zero-order valence-electron chi connectivity index (χ0n) is 14.6. The van der Waals surface area contributed by atoms with Crippen LogP contribution in [0.5, 0.6) is 5.75 Å². The number of aryl methyl sites for hydroxylation is 1. The molecule has 0 spiro atoms. The Balaban J connectivity index is 1.75. The Bertz CT molecular complexity index is 654. The highest BCUT2D eigenvalue weighted by Gasteiger charge is 2.20. The molecule has 1 aromatic carbocycles. The normalized spacial score (nSPS) is 17.4. The molecule has 0 aliphatic carbocycles. The van der Waals surface area contributed by atoms with Crippen molar-refractivity contribution < 1.29 is 9.47 Å². The van der Waals surface area contributed by atoms with E-state index in [4.69, 9.17) is 9.47 Å². The maximum Gasteiger partial charge on any atom is 0.123 e. The van der Waals surface area contributed by atoms with Gasteiger partial charge in [-0.15, -0.1) is 0 Å². The third kappa shape index (κ3) is 4.56. The van der Waals surface area contributed by atoms with Gasteiger partial charge < -0.3 is 9.47 Å². The van der Waals surface area contributed by atoms with Crippen LogP contribution in [0.4, 0.5) is 0 Å². The predicted molar refractivity (Wildman–Crippen MR) is 95.1 cm³/mol. The van der Waals surface area contributed by atoms with Crippen LogP contribution in [0.25, 0.3) is 0 Å². The molecule has 2 aromatic rings. The molecule has 2 heterocycles. The van der Waals surface area contributed by atoms with Gasteiger partial charge >= 0.3 is 0 Å². The van der Waals surface area contributed by atoms with E-state index in [2.05, 4.69) is 34.1 Å². The van der Waals surface area contributed by atoms with Crippen molar-refractivity contribution in [2.75, 3.05) is 20.3 Å². The van der Waals surface area contributed by atoms with Crippen LogP contribution < -0.4 is 4.74 Å². The molecule has 0 radical (unpaired) electrons. The second-order valence-corrected chi connectivity index (χ2v) is 6.39. The molecule has 0 N–H and O–H groups in total. The largest absolute Gasteiger partial charge is 0.496 e. The topological polar surface area (TPSA) is 34.6 Å². The van der Waals surface area contributed by atoms with E-state index in [0.29, 0.717) is 6.10 Å². The smallest absolute Gasteiger partial charge is 0.123 e. The number of methoxy groups -OCH3 is 1. The van der Waals surface area contributed by atoms with E-state index in [1.54, 1.807) is 7.11 Å². The van der Waals surface area contributed by atoms with Gasteiger partial charge in [0.05, 0.1) is 18.9 Å². The molecule has 0 saturated carbocycles. The van der Waals surface area contributed by atoms with Crippen molar-refractivity contribution in [3.05, 3.63) is 59.4 Å². The highest BCUT2D eigenvalue weighted by molar-refractivity contribution is 5.33. The molecular formula is C20H26N2O2. The Hall–Kier alpha value is -1.91. The van der Waals surface area contributed by atoms with Gasteiger partial charge in [0.25, 0.3) is 0 Å². The third-order valence-corrected chi connectivity index (χ3v) is 4.40. The van der Waals surface area contributed by atoms with Crippen LogP contribution in [0, 0.1) is 6.92 Å². The number of para-hydroxylation sites is 1. The van der Waals surface area contributed by atoms with E-state index in [1.807, 2.05) is 25.1 Å². The van der Waals surface area contributed by atoms with Crippen LogP contribution in [-0.2, 0) is 17.8 Å². The standard InChI is InChI=1S/C20H26N2O2/c1-16-7-5-9-18(21-16)14-22(15-19-10-6-12-24-19)13-17-8-3-4-11-20(17)23-2/h3-5,7-9,11,19H,6,10,12-15H2,1-2H3/t19-/m0/s1. The number of rotatable bonds is 7. The molecular weight excluding hydrogens is 300 g/mol. The number of ether oxygens (including phenoxy) is 2. The number of nitrogens with zero attached hydrogens (tertiary/aromatic N) is 2. The highest BCUT2D eigenvalue weighted by atomic mass is 16.5. The third-order valence-electron chi connectivity index (χ3n) is 4.40. The van der Waals surface area contributed by atoms with E-state index in [9.17, 15) is 0 Å². The number of pyridine rings is 1. The molecule has 24 heavy (non-hydrogen) atoms. The van der Waals surface area contributed by atoms with Crippen LogP contribution >= 0.6 is 0 Å². The first-order valence-electron chi connectivity index (χ1n) is 8.63. The van der Waals surface area contributed by atoms with Gasteiger partial charge in [-0.05, 0) is 38.0 Å². The Kier molecular flexibility index (Phi) is 5.83. The predicted octanol–water partition coefficient (Wildman–Crippen LogP) is 3.58. The molecule has 0 unspecified atom stereocenters. The van der Waals surface area contributed by atoms with E-state index in [-0.39, 0.29) is 0 Å². The summed E-state index contributed by atoms with van der Waals surface area (Å²) in [6, 6.07) is 14.4. The van der Waals surface area contributed by atoms with Gasteiger partial charge in [-0.3, -0.25) is 9.88 Å². The molecule has 0 amide bonds. The molecule has 1 fully saturated rings. The summed E-state index contributed by atoms with van der Waals surface area (Å²) in [6.45, 7) is 5.50. The van der Waals surface area contributed by atoms with Gasteiger partial charge in [0.15, 0.2) is 0 Å². The first-order valence-corrected chi connectivity index (χ1v) is 8.63. The molecule has 128 valence electrons. The quantitative estimate of drug-likeness (QED) is 0.779. The van der Waals surface area contributed by atoms with Crippen LogP contribution in [0.2, 0.25) is 0 Å². The van der Waals surface area contributed by atoms with Crippen molar-refractivity contribution in [3.8, 4) is 5.75 Å². The lowest BCUT2D eigenvalue weighted by Crippen LogP contribution is -2.32. The first-order chi connectivity index (χ1) is 11.7. The van der Waals surface area contributed by atoms with E-state index >= 15 is 0 Å². The van der Waals surface area contributed by atoms with Gasteiger partial charge in [-0.25, -0.2) is 0 Å². The average Bonchev–Trinajstić information content (AvgIpc) is 3.08. The van der Waals surface area contributed by atoms with Crippen molar-refractivity contribution in [2.24, 2.45) is 0 Å². The SMILES string of the molecule is COc1ccccc1CN(Cc1cccc(C)n1)C[C@@H]1CCCO1. The monoisotopic (exact) mass is 326 g/mol. The van der Waals surface area contributed by atoms with Crippen molar-refractivity contribution in [1.29, 1.82) is 0 Å². The van der Waals surface area contributed by atoms with Crippen LogP contribution in [0.15, 0.2) is 42.5 Å². The summed E-state index contributed by atoms with van der Waals surface area (Å²) in [7, 11) is 1.73. The lowest BCUT2D eigenvalue weighted by molar-refractivity contribution is 0.0672. The van der Waals surface area contributed by atoms with Crippen LogP contribution in [-0.4, -0.2) is 36.2 Å².